The molecule has 90 valence electrons. The van der Waals surface area contributed by atoms with Crippen molar-refractivity contribution in [2.75, 3.05) is 13.2 Å². The fourth-order valence-electron chi connectivity index (χ4n) is 1.52. The summed E-state index contributed by atoms with van der Waals surface area (Å²) in [5.74, 6) is 0. The summed E-state index contributed by atoms with van der Waals surface area (Å²) in [4.78, 5) is 0. The molecule has 16 heavy (non-hydrogen) atoms. The maximum atomic E-state index is 5.50. The van der Waals surface area contributed by atoms with Gasteiger partial charge in [0.05, 0.1) is 0 Å². The van der Waals surface area contributed by atoms with Crippen LogP contribution >= 0.6 is 15.9 Å². The highest BCUT2D eigenvalue weighted by molar-refractivity contribution is 9.10. The normalized spacial score (nSPS) is 11.0. The molecule has 0 saturated heterocycles. The smallest absolute Gasteiger partial charge is 0.157 e. The van der Waals surface area contributed by atoms with Crippen LogP contribution in [0, 0.1) is 0 Å². The van der Waals surface area contributed by atoms with Gasteiger partial charge in [-0.1, -0.05) is 28.1 Å². The predicted molar refractivity (Wildman–Crippen MR) is 69.5 cm³/mol. The monoisotopic (exact) mass is 286 g/mol. The van der Waals surface area contributed by atoms with Gasteiger partial charge in [-0.3, -0.25) is 0 Å². The van der Waals surface area contributed by atoms with Gasteiger partial charge in [0.1, 0.15) is 0 Å². The lowest BCUT2D eigenvalue weighted by Gasteiger charge is -2.16. The maximum absolute atomic E-state index is 5.50. The van der Waals surface area contributed by atoms with Gasteiger partial charge in [0.2, 0.25) is 0 Å². The van der Waals surface area contributed by atoms with Crippen molar-refractivity contribution in [3.05, 3.63) is 34.3 Å². The topological polar surface area (TPSA) is 18.5 Å². The first-order valence-electron chi connectivity index (χ1n) is 5.74. The van der Waals surface area contributed by atoms with Crippen LogP contribution in [0.2, 0.25) is 0 Å². The summed E-state index contributed by atoms with van der Waals surface area (Å²) in [6, 6.07) is 8.37. The van der Waals surface area contributed by atoms with E-state index in [-0.39, 0.29) is 6.29 Å². The number of benzene rings is 1. The lowest BCUT2D eigenvalue weighted by Crippen LogP contribution is -2.18. The largest absolute Gasteiger partial charge is 0.353 e. The maximum Gasteiger partial charge on any atom is 0.157 e. The highest BCUT2D eigenvalue weighted by Gasteiger charge is 2.07. The van der Waals surface area contributed by atoms with Crippen LogP contribution in [-0.4, -0.2) is 19.5 Å². The van der Waals surface area contributed by atoms with Gasteiger partial charge < -0.3 is 9.47 Å². The third kappa shape index (κ3) is 5.10. The zero-order valence-corrected chi connectivity index (χ0v) is 11.5. The molecule has 1 rings (SSSR count). The summed E-state index contributed by atoms with van der Waals surface area (Å²) in [6.45, 7) is 5.38. The van der Waals surface area contributed by atoms with E-state index >= 15 is 0 Å². The Morgan fingerprint density at radius 3 is 2.12 bits per heavy atom. The summed E-state index contributed by atoms with van der Waals surface area (Å²) < 4.78 is 12.1. The van der Waals surface area contributed by atoms with Gasteiger partial charge in [0, 0.05) is 24.1 Å². The Bertz CT molecular complexity index is 278. The molecule has 0 aliphatic heterocycles. The number of aryl methyl sites for hydroxylation is 1. The Labute approximate surface area is 106 Å². The molecule has 0 heterocycles. The van der Waals surface area contributed by atoms with Gasteiger partial charge in [-0.25, -0.2) is 0 Å². The standard InChI is InChI=1S/C13H19BrO2/c1-3-15-13(16-4-2)10-7-11-5-8-12(14)9-6-11/h5-6,8-9,13H,3-4,7,10H2,1-2H3. The summed E-state index contributed by atoms with van der Waals surface area (Å²) in [5, 5.41) is 0. The molecule has 0 bridgehead atoms. The second-order valence-electron chi connectivity index (χ2n) is 3.51. The number of hydrogen-bond acceptors (Lipinski definition) is 2. The molecule has 3 heteroatoms. The van der Waals surface area contributed by atoms with E-state index < -0.39 is 0 Å². The first-order chi connectivity index (χ1) is 7.76. The molecule has 0 saturated carbocycles. The van der Waals surface area contributed by atoms with Gasteiger partial charge in [-0.15, -0.1) is 0 Å². The van der Waals surface area contributed by atoms with Crippen molar-refractivity contribution < 1.29 is 9.47 Å². The molecule has 0 aromatic heterocycles. The van der Waals surface area contributed by atoms with Crippen LogP contribution in [0.25, 0.3) is 0 Å². The molecule has 0 atom stereocenters. The van der Waals surface area contributed by atoms with E-state index in [0.717, 1.165) is 17.3 Å². The Morgan fingerprint density at radius 2 is 1.62 bits per heavy atom. The molecule has 0 amide bonds. The summed E-state index contributed by atoms with van der Waals surface area (Å²) in [5.41, 5.74) is 1.31. The van der Waals surface area contributed by atoms with Crippen molar-refractivity contribution in [1.82, 2.24) is 0 Å². The van der Waals surface area contributed by atoms with E-state index in [4.69, 9.17) is 9.47 Å². The molecule has 1 aromatic rings. The number of halogens is 1. The van der Waals surface area contributed by atoms with Crippen LogP contribution in [0.15, 0.2) is 28.7 Å². The molecule has 0 unspecified atom stereocenters. The summed E-state index contributed by atoms with van der Waals surface area (Å²) in [7, 11) is 0. The third-order valence-electron chi connectivity index (χ3n) is 2.29. The van der Waals surface area contributed by atoms with Crippen LogP contribution in [-0.2, 0) is 15.9 Å². The first-order valence-corrected chi connectivity index (χ1v) is 6.53. The zero-order valence-electron chi connectivity index (χ0n) is 9.91. The average Bonchev–Trinajstić information content (AvgIpc) is 2.29. The molecule has 0 radical (unpaired) electrons. The van der Waals surface area contributed by atoms with Gasteiger partial charge in [0.25, 0.3) is 0 Å². The Balaban J connectivity index is 2.38. The van der Waals surface area contributed by atoms with E-state index in [1.54, 1.807) is 0 Å². The Hall–Kier alpha value is -0.380. The predicted octanol–water partition coefficient (Wildman–Crippen LogP) is 3.78. The molecule has 0 aliphatic carbocycles. The van der Waals surface area contributed by atoms with E-state index in [1.807, 2.05) is 13.8 Å². The minimum Gasteiger partial charge on any atom is -0.353 e. The van der Waals surface area contributed by atoms with Gasteiger partial charge in [0.15, 0.2) is 6.29 Å². The van der Waals surface area contributed by atoms with E-state index in [1.165, 1.54) is 5.56 Å². The van der Waals surface area contributed by atoms with E-state index in [0.29, 0.717) is 13.2 Å². The van der Waals surface area contributed by atoms with Crippen LogP contribution in [0.1, 0.15) is 25.8 Å². The number of rotatable bonds is 7. The molecular formula is C13H19BrO2. The van der Waals surface area contributed by atoms with Crippen LogP contribution in [0.4, 0.5) is 0 Å². The highest BCUT2D eigenvalue weighted by Crippen LogP contribution is 2.13. The molecule has 1 aromatic carbocycles. The van der Waals surface area contributed by atoms with Crippen molar-refractivity contribution in [3.8, 4) is 0 Å². The second kappa shape index (κ2) is 7.82. The highest BCUT2D eigenvalue weighted by atomic mass is 79.9. The van der Waals surface area contributed by atoms with Crippen molar-refractivity contribution in [2.45, 2.75) is 33.0 Å². The number of hydrogen-bond donors (Lipinski definition) is 0. The first kappa shape index (κ1) is 13.7. The third-order valence-corrected chi connectivity index (χ3v) is 2.82. The second-order valence-corrected chi connectivity index (χ2v) is 4.42. The molecule has 0 fully saturated rings. The van der Waals surface area contributed by atoms with Crippen LogP contribution in [0.3, 0.4) is 0 Å². The van der Waals surface area contributed by atoms with Crippen molar-refractivity contribution >= 4 is 15.9 Å². The Morgan fingerprint density at radius 1 is 1.06 bits per heavy atom. The van der Waals surface area contributed by atoms with Gasteiger partial charge in [-0.2, -0.15) is 0 Å². The fourth-order valence-corrected chi connectivity index (χ4v) is 1.79. The number of ether oxygens (including phenoxy) is 2. The quantitative estimate of drug-likeness (QED) is 0.710. The van der Waals surface area contributed by atoms with Crippen molar-refractivity contribution in [2.24, 2.45) is 0 Å². The molecule has 0 spiro atoms. The van der Waals surface area contributed by atoms with Crippen LogP contribution < -0.4 is 0 Å². The fraction of sp³-hybridized carbons (Fsp3) is 0.538. The van der Waals surface area contributed by atoms with E-state index in [9.17, 15) is 0 Å². The Kier molecular flexibility index (Phi) is 6.69. The summed E-state index contributed by atoms with van der Waals surface area (Å²) in [6.07, 6.45) is 1.82. The lowest BCUT2D eigenvalue weighted by molar-refractivity contribution is -0.139. The van der Waals surface area contributed by atoms with Crippen molar-refractivity contribution in [1.29, 1.82) is 0 Å². The van der Waals surface area contributed by atoms with Gasteiger partial charge >= 0.3 is 0 Å². The lowest BCUT2D eigenvalue weighted by atomic mass is 10.1. The van der Waals surface area contributed by atoms with Gasteiger partial charge in [-0.05, 0) is 38.0 Å². The van der Waals surface area contributed by atoms with Crippen molar-refractivity contribution in [3.63, 3.8) is 0 Å². The zero-order chi connectivity index (χ0) is 11.8. The molecule has 2 nitrogen and oxygen atoms in total. The summed E-state index contributed by atoms with van der Waals surface area (Å²) >= 11 is 3.43. The molecule has 0 N–H and O–H groups in total. The molecule has 0 aliphatic rings. The SMILES string of the molecule is CCOC(CCc1ccc(Br)cc1)OCC. The molecular weight excluding hydrogens is 268 g/mol. The minimum absolute atomic E-state index is 0.0707. The minimum atomic E-state index is -0.0707. The average molecular weight is 287 g/mol. The van der Waals surface area contributed by atoms with Crippen LogP contribution in [0.5, 0.6) is 0 Å². The van der Waals surface area contributed by atoms with E-state index in [2.05, 4.69) is 40.2 Å².